The molecule has 0 radical (unpaired) electrons. The van der Waals surface area contributed by atoms with E-state index < -0.39 is 29.5 Å². The summed E-state index contributed by atoms with van der Waals surface area (Å²) in [6.45, 7) is 2.64. The highest BCUT2D eigenvalue weighted by molar-refractivity contribution is 6.30. The molecule has 2 aromatic carbocycles. The summed E-state index contributed by atoms with van der Waals surface area (Å²) in [6, 6.07) is 4.30. The molecule has 4 amide bonds. The van der Waals surface area contributed by atoms with Gasteiger partial charge < -0.3 is 20.3 Å². The van der Waals surface area contributed by atoms with Gasteiger partial charge in [-0.05, 0) is 31.5 Å². The van der Waals surface area contributed by atoms with Crippen molar-refractivity contribution in [3.63, 3.8) is 0 Å². The van der Waals surface area contributed by atoms with Crippen LogP contribution in [-0.2, 0) is 16.0 Å². The first-order valence-electron chi connectivity index (χ1n) is 11.3. The molecule has 1 unspecified atom stereocenters. The van der Waals surface area contributed by atoms with Crippen molar-refractivity contribution in [2.75, 3.05) is 23.4 Å². The number of imide groups is 1. The second-order valence-corrected chi connectivity index (χ2v) is 9.36. The van der Waals surface area contributed by atoms with Crippen LogP contribution in [0, 0.1) is 11.6 Å². The van der Waals surface area contributed by atoms with Crippen LogP contribution in [0.4, 0.5) is 25.0 Å². The zero-order chi connectivity index (χ0) is 24.9. The van der Waals surface area contributed by atoms with Gasteiger partial charge >= 0.3 is 6.03 Å². The molecule has 0 spiro atoms. The Hall–Kier alpha value is -3.40. The fourth-order valence-corrected chi connectivity index (χ4v) is 5.08. The van der Waals surface area contributed by atoms with Gasteiger partial charge in [-0.25, -0.2) is 13.6 Å². The molecule has 8 nitrogen and oxygen atoms in total. The number of carbonyl (C=O) groups is 3. The van der Waals surface area contributed by atoms with Gasteiger partial charge in [0.1, 0.15) is 17.4 Å². The summed E-state index contributed by atoms with van der Waals surface area (Å²) < 4.78 is 35.1. The quantitative estimate of drug-likeness (QED) is 0.554. The topological polar surface area (TPSA) is 99.8 Å². The van der Waals surface area contributed by atoms with Crippen LogP contribution in [0.15, 0.2) is 24.3 Å². The first kappa shape index (κ1) is 23.3. The minimum absolute atomic E-state index is 0.00746. The van der Waals surface area contributed by atoms with Gasteiger partial charge in [0.05, 0.1) is 29.9 Å². The normalized spacial score (nSPS) is 23.2. The lowest BCUT2D eigenvalue weighted by atomic mass is 9.85. The number of piperidine rings is 1. The van der Waals surface area contributed by atoms with E-state index in [2.05, 4.69) is 16.0 Å². The van der Waals surface area contributed by atoms with Crippen molar-refractivity contribution in [2.45, 2.75) is 44.2 Å². The van der Waals surface area contributed by atoms with Crippen molar-refractivity contribution >= 4 is 40.8 Å². The SMILES string of the molecule is C[C@H]1[C@H](NC(=O)Nc2ccc(Cl)cc2F)CN1c1cc(F)c(C2CCC(=O)NC2=O)c2c1OCC2. The molecule has 35 heavy (non-hydrogen) atoms. The lowest BCUT2D eigenvalue weighted by molar-refractivity contribution is -0.134. The first-order chi connectivity index (χ1) is 16.7. The number of hydrogen-bond donors (Lipinski definition) is 3. The Bertz CT molecular complexity index is 1240. The lowest BCUT2D eigenvalue weighted by Gasteiger charge is -2.48. The molecule has 5 rings (SSSR count). The Morgan fingerprint density at radius 1 is 1.20 bits per heavy atom. The Morgan fingerprint density at radius 3 is 2.71 bits per heavy atom. The van der Waals surface area contributed by atoms with E-state index in [1.54, 1.807) is 0 Å². The fourth-order valence-electron chi connectivity index (χ4n) is 4.92. The van der Waals surface area contributed by atoms with E-state index in [4.69, 9.17) is 16.3 Å². The molecular weight excluding hydrogens is 482 g/mol. The fraction of sp³-hybridized carbons (Fsp3) is 0.375. The van der Waals surface area contributed by atoms with Crippen molar-refractivity contribution in [3.8, 4) is 5.75 Å². The molecule has 3 atom stereocenters. The maximum atomic E-state index is 15.4. The Balaban J connectivity index is 1.30. The molecule has 3 heterocycles. The number of nitrogens with one attached hydrogen (secondary N) is 3. The third kappa shape index (κ3) is 4.27. The maximum Gasteiger partial charge on any atom is 0.319 e. The van der Waals surface area contributed by atoms with Gasteiger partial charge in [-0.2, -0.15) is 0 Å². The molecule has 0 saturated carbocycles. The predicted molar refractivity (Wildman–Crippen MR) is 125 cm³/mol. The zero-order valence-electron chi connectivity index (χ0n) is 18.8. The van der Waals surface area contributed by atoms with Crippen LogP contribution in [-0.4, -0.2) is 43.1 Å². The van der Waals surface area contributed by atoms with E-state index in [1.165, 1.54) is 18.2 Å². The minimum atomic E-state index is -0.739. The molecule has 0 aliphatic carbocycles. The Kier molecular flexibility index (Phi) is 6.00. The summed E-state index contributed by atoms with van der Waals surface area (Å²) in [4.78, 5) is 38.2. The van der Waals surface area contributed by atoms with E-state index in [1.807, 2.05) is 11.8 Å². The van der Waals surface area contributed by atoms with Gasteiger partial charge in [0, 0.05) is 47.6 Å². The molecular formula is C24H23ClF2N4O4. The van der Waals surface area contributed by atoms with Crippen molar-refractivity contribution in [2.24, 2.45) is 0 Å². The van der Waals surface area contributed by atoms with E-state index in [-0.39, 0.29) is 41.5 Å². The standard InChI is InChI=1S/C24H23ClF2N4O4/c1-11-18(29-24(34)28-17-4-2-12(25)8-15(17)26)10-31(11)19-9-16(27)21(13-6-7-35-22(13)19)14-3-5-20(32)30-23(14)33/h2,4,8-9,11,14,18H,3,5-7,10H2,1H3,(H2,28,29,34)(H,30,32,33)/t11-,14?,18+/m0/s1. The molecule has 3 aliphatic heterocycles. The van der Waals surface area contributed by atoms with Gasteiger partial charge in [-0.3, -0.25) is 14.9 Å². The summed E-state index contributed by atoms with van der Waals surface area (Å²) in [7, 11) is 0. The second-order valence-electron chi connectivity index (χ2n) is 8.92. The highest BCUT2D eigenvalue weighted by atomic mass is 35.5. The number of amides is 4. The lowest BCUT2D eigenvalue weighted by Crippen LogP contribution is -2.66. The Morgan fingerprint density at radius 2 is 2.00 bits per heavy atom. The smallest absolute Gasteiger partial charge is 0.319 e. The van der Waals surface area contributed by atoms with Crippen LogP contribution in [0.1, 0.15) is 36.8 Å². The van der Waals surface area contributed by atoms with E-state index >= 15 is 4.39 Å². The zero-order valence-corrected chi connectivity index (χ0v) is 19.5. The summed E-state index contributed by atoms with van der Waals surface area (Å²) in [6.07, 6.45) is 0.876. The van der Waals surface area contributed by atoms with Crippen LogP contribution in [0.3, 0.4) is 0 Å². The molecule has 3 N–H and O–H groups in total. The summed E-state index contributed by atoms with van der Waals surface area (Å²) in [5, 5.41) is 7.78. The summed E-state index contributed by atoms with van der Waals surface area (Å²) >= 11 is 5.74. The van der Waals surface area contributed by atoms with Gasteiger partial charge in [-0.15, -0.1) is 0 Å². The molecule has 11 heteroatoms. The largest absolute Gasteiger partial charge is 0.491 e. The minimum Gasteiger partial charge on any atom is -0.491 e. The highest BCUT2D eigenvalue weighted by Gasteiger charge is 2.41. The number of ether oxygens (including phenoxy) is 1. The number of carbonyl (C=O) groups excluding carboxylic acids is 3. The first-order valence-corrected chi connectivity index (χ1v) is 11.7. The average molecular weight is 505 g/mol. The van der Waals surface area contributed by atoms with Gasteiger partial charge in [0.15, 0.2) is 0 Å². The number of nitrogens with zero attached hydrogens (tertiary/aromatic N) is 1. The molecule has 0 aromatic heterocycles. The van der Waals surface area contributed by atoms with E-state index in [9.17, 15) is 18.8 Å². The molecule has 2 saturated heterocycles. The Labute approximate surface area is 204 Å². The molecule has 2 aromatic rings. The average Bonchev–Trinajstić information content (AvgIpc) is 3.28. The number of anilines is 2. The van der Waals surface area contributed by atoms with Gasteiger partial charge in [0.2, 0.25) is 11.8 Å². The second kappa shape index (κ2) is 8.99. The van der Waals surface area contributed by atoms with Crippen molar-refractivity contribution in [1.82, 2.24) is 10.6 Å². The predicted octanol–water partition coefficient (Wildman–Crippen LogP) is 3.47. The van der Waals surface area contributed by atoms with E-state index in [0.29, 0.717) is 42.1 Å². The van der Waals surface area contributed by atoms with Crippen LogP contribution < -0.4 is 25.6 Å². The monoisotopic (exact) mass is 504 g/mol. The van der Waals surface area contributed by atoms with Gasteiger partial charge in [0.25, 0.3) is 0 Å². The number of urea groups is 1. The van der Waals surface area contributed by atoms with Crippen LogP contribution in [0.2, 0.25) is 5.02 Å². The van der Waals surface area contributed by atoms with E-state index in [0.717, 1.165) is 6.07 Å². The van der Waals surface area contributed by atoms with Gasteiger partial charge in [-0.1, -0.05) is 11.6 Å². The number of halogens is 3. The number of hydrogen-bond acceptors (Lipinski definition) is 5. The van der Waals surface area contributed by atoms with Crippen molar-refractivity contribution < 1.29 is 27.9 Å². The number of rotatable bonds is 4. The maximum absolute atomic E-state index is 15.4. The van der Waals surface area contributed by atoms with Crippen molar-refractivity contribution in [3.05, 3.63) is 52.0 Å². The summed E-state index contributed by atoms with van der Waals surface area (Å²) in [5.41, 5.74) is 1.50. The van der Waals surface area contributed by atoms with Crippen LogP contribution in [0.5, 0.6) is 5.75 Å². The van der Waals surface area contributed by atoms with Crippen LogP contribution >= 0.6 is 11.6 Å². The number of benzene rings is 2. The highest BCUT2D eigenvalue weighted by Crippen LogP contribution is 2.46. The molecule has 0 bridgehead atoms. The summed E-state index contributed by atoms with van der Waals surface area (Å²) in [5.74, 6) is -2.21. The molecule has 3 aliphatic rings. The van der Waals surface area contributed by atoms with Crippen molar-refractivity contribution in [1.29, 1.82) is 0 Å². The third-order valence-corrected chi connectivity index (χ3v) is 7.05. The molecule has 2 fully saturated rings. The molecule has 184 valence electrons. The number of fused-ring (bicyclic) bond motifs is 1. The van der Waals surface area contributed by atoms with Crippen LogP contribution in [0.25, 0.3) is 0 Å². The third-order valence-electron chi connectivity index (χ3n) is 6.81.